The van der Waals surface area contributed by atoms with Gasteiger partial charge in [-0.15, -0.1) is 0 Å². The molecular weight excluding hydrogens is 372 g/mol. The lowest BCUT2D eigenvalue weighted by molar-refractivity contribution is -0.146. The van der Waals surface area contributed by atoms with Crippen LogP contribution < -0.4 is 5.32 Å². The van der Waals surface area contributed by atoms with E-state index in [9.17, 15) is 14.4 Å². The highest BCUT2D eigenvalue weighted by Gasteiger charge is 2.33. The number of hydrogen-bond donors (Lipinski definition) is 1. The molecule has 0 spiro atoms. The van der Waals surface area contributed by atoms with E-state index in [1.54, 1.807) is 43.3 Å². The smallest absolute Gasteiger partial charge is 0.338 e. The minimum Gasteiger partial charge on any atom is -0.459 e. The van der Waals surface area contributed by atoms with Gasteiger partial charge in [-0.3, -0.25) is 9.59 Å². The fourth-order valence-corrected chi connectivity index (χ4v) is 3.63. The maximum Gasteiger partial charge on any atom is 0.338 e. The molecule has 0 saturated carbocycles. The topological polar surface area (TPSA) is 88.9 Å². The van der Waals surface area contributed by atoms with Crippen molar-refractivity contribution in [2.24, 2.45) is 0 Å². The van der Waals surface area contributed by atoms with E-state index in [0.29, 0.717) is 11.3 Å². The molecular formula is C22H26N2O5. The molecule has 1 aromatic carbocycles. The molecule has 1 saturated heterocycles. The molecule has 1 aliphatic heterocycles. The number of nitrogens with zero attached hydrogens (tertiary/aromatic N) is 1. The van der Waals surface area contributed by atoms with Gasteiger partial charge in [-0.25, -0.2) is 4.79 Å². The second-order valence-electron chi connectivity index (χ2n) is 7.43. The number of carbonyl (C=O) groups excluding carboxylic acids is 3. The molecule has 7 heteroatoms. The fourth-order valence-electron chi connectivity index (χ4n) is 3.63. The molecule has 7 nitrogen and oxygen atoms in total. The van der Waals surface area contributed by atoms with Crippen LogP contribution in [0.2, 0.25) is 0 Å². The van der Waals surface area contributed by atoms with Crippen molar-refractivity contribution in [3.63, 3.8) is 0 Å². The lowest BCUT2D eigenvalue weighted by atomic mass is 9.97. The highest BCUT2D eigenvalue weighted by atomic mass is 16.5. The molecule has 3 atom stereocenters. The number of nitrogens with one attached hydrogen (secondary N) is 1. The summed E-state index contributed by atoms with van der Waals surface area (Å²) >= 11 is 0. The molecule has 154 valence electrons. The van der Waals surface area contributed by atoms with Crippen molar-refractivity contribution >= 4 is 23.5 Å². The molecule has 1 aromatic heterocycles. The maximum atomic E-state index is 12.8. The minimum absolute atomic E-state index is 0.143. The van der Waals surface area contributed by atoms with Gasteiger partial charge in [-0.05, 0) is 76.4 Å². The summed E-state index contributed by atoms with van der Waals surface area (Å²) in [6, 6.07) is 9.75. The lowest BCUT2D eigenvalue weighted by Crippen LogP contribution is -2.51. The first-order valence-electron chi connectivity index (χ1n) is 9.85. The number of amides is 2. The van der Waals surface area contributed by atoms with Crippen LogP contribution in [-0.2, 0) is 9.53 Å². The molecule has 2 aromatic rings. The quantitative estimate of drug-likeness (QED) is 0.773. The summed E-state index contributed by atoms with van der Waals surface area (Å²) < 4.78 is 10.4. The van der Waals surface area contributed by atoms with Crippen LogP contribution in [0.15, 0.2) is 47.1 Å². The minimum atomic E-state index is -0.858. The van der Waals surface area contributed by atoms with Gasteiger partial charge in [0.15, 0.2) is 11.9 Å². The van der Waals surface area contributed by atoms with E-state index in [1.807, 2.05) is 18.7 Å². The van der Waals surface area contributed by atoms with Gasteiger partial charge in [0, 0.05) is 17.8 Å². The molecule has 0 radical (unpaired) electrons. The number of rotatable bonds is 5. The summed E-state index contributed by atoms with van der Waals surface area (Å²) in [4.78, 5) is 39.0. The first-order valence-corrected chi connectivity index (χ1v) is 9.85. The van der Waals surface area contributed by atoms with Crippen molar-refractivity contribution in [1.82, 2.24) is 4.90 Å². The number of carbonyl (C=O) groups is 3. The zero-order valence-corrected chi connectivity index (χ0v) is 16.9. The van der Waals surface area contributed by atoms with Gasteiger partial charge in [-0.1, -0.05) is 0 Å². The lowest BCUT2D eigenvalue weighted by Gasteiger charge is -2.40. The van der Waals surface area contributed by atoms with Crippen molar-refractivity contribution < 1.29 is 23.5 Å². The van der Waals surface area contributed by atoms with Crippen LogP contribution >= 0.6 is 0 Å². The Hall–Kier alpha value is -3.09. The second kappa shape index (κ2) is 8.94. The number of benzene rings is 1. The molecule has 0 unspecified atom stereocenters. The number of ether oxygens (including phenoxy) is 1. The van der Waals surface area contributed by atoms with Gasteiger partial charge in [0.05, 0.1) is 11.8 Å². The number of esters is 1. The van der Waals surface area contributed by atoms with E-state index in [-0.39, 0.29) is 29.7 Å². The predicted molar refractivity (Wildman–Crippen MR) is 108 cm³/mol. The molecule has 29 heavy (non-hydrogen) atoms. The van der Waals surface area contributed by atoms with Crippen molar-refractivity contribution in [3.8, 4) is 0 Å². The Balaban J connectivity index is 1.58. The molecule has 3 rings (SSSR count). The summed E-state index contributed by atoms with van der Waals surface area (Å²) in [6.07, 6.45) is 3.58. The Morgan fingerprint density at radius 3 is 2.34 bits per heavy atom. The molecule has 2 heterocycles. The molecule has 0 aliphatic carbocycles. The van der Waals surface area contributed by atoms with E-state index in [4.69, 9.17) is 9.15 Å². The van der Waals surface area contributed by atoms with Crippen LogP contribution in [0.4, 0.5) is 5.69 Å². The largest absolute Gasteiger partial charge is 0.459 e. The zero-order chi connectivity index (χ0) is 21.0. The number of furan rings is 1. The van der Waals surface area contributed by atoms with E-state index in [1.165, 1.54) is 6.26 Å². The number of likely N-dealkylation sites (tertiary alicyclic amines) is 1. The Morgan fingerprint density at radius 2 is 1.76 bits per heavy atom. The number of anilines is 1. The van der Waals surface area contributed by atoms with E-state index in [2.05, 4.69) is 5.32 Å². The number of hydrogen-bond acceptors (Lipinski definition) is 5. The van der Waals surface area contributed by atoms with Gasteiger partial charge in [0.25, 0.3) is 11.8 Å². The average molecular weight is 398 g/mol. The first kappa shape index (κ1) is 20.6. The van der Waals surface area contributed by atoms with Gasteiger partial charge in [-0.2, -0.15) is 0 Å². The van der Waals surface area contributed by atoms with Crippen molar-refractivity contribution in [1.29, 1.82) is 0 Å². The third-order valence-corrected chi connectivity index (χ3v) is 5.20. The fraction of sp³-hybridized carbons (Fsp3) is 0.409. The summed E-state index contributed by atoms with van der Waals surface area (Å²) in [5.74, 6) is -0.927. The Kier molecular flexibility index (Phi) is 6.36. The van der Waals surface area contributed by atoms with Crippen LogP contribution in [-0.4, -0.2) is 40.9 Å². The summed E-state index contributed by atoms with van der Waals surface area (Å²) in [5, 5.41) is 2.68. The first-order chi connectivity index (χ1) is 13.9. The van der Waals surface area contributed by atoms with Crippen LogP contribution in [0.5, 0.6) is 0 Å². The molecule has 0 bridgehead atoms. The Bertz CT molecular complexity index is 850. The van der Waals surface area contributed by atoms with Gasteiger partial charge >= 0.3 is 5.97 Å². The predicted octanol–water partition coefficient (Wildman–Crippen LogP) is 3.87. The monoisotopic (exact) mass is 398 g/mol. The Labute approximate surface area is 170 Å². The van der Waals surface area contributed by atoms with Crippen LogP contribution in [0.25, 0.3) is 0 Å². The maximum absolute atomic E-state index is 12.8. The van der Waals surface area contributed by atoms with Gasteiger partial charge in [0.1, 0.15) is 0 Å². The summed E-state index contributed by atoms with van der Waals surface area (Å²) in [6.45, 7) is 5.65. The average Bonchev–Trinajstić information content (AvgIpc) is 3.23. The third kappa shape index (κ3) is 4.85. The summed E-state index contributed by atoms with van der Waals surface area (Å²) in [5.41, 5.74) is 0.823. The van der Waals surface area contributed by atoms with Gasteiger partial charge in [0.2, 0.25) is 0 Å². The van der Waals surface area contributed by atoms with Crippen LogP contribution in [0.1, 0.15) is 60.9 Å². The molecule has 1 aliphatic rings. The molecule has 2 amide bonds. The van der Waals surface area contributed by atoms with E-state index in [0.717, 1.165) is 19.3 Å². The highest BCUT2D eigenvalue weighted by molar-refractivity contribution is 6.02. The van der Waals surface area contributed by atoms with Gasteiger partial charge < -0.3 is 19.4 Å². The summed E-state index contributed by atoms with van der Waals surface area (Å²) in [7, 11) is 0. The van der Waals surface area contributed by atoms with Crippen LogP contribution in [0, 0.1) is 0 Å². The van der Waals surface area contributed by atoms with Crippen molar-refractivity contribution in [2.45, 2.75) is 58.2 Å². The zero-order valence-electron chi connectivity index (χ0n) is 16.9. The second-order valence-corrected chi connectivity index (χ2v) is 7.43. The van der Waals surface area contributed by atoms with Crippen LogP contribution in [0.3, 0.4) is 0 Å². The SMILES string of the molecule is C[C@@H]1CCC[C@H](C)N1C(=O)[C@@H](C)OC(=O)c1ccc(NC(=O)c2ccco2)cc1. The van der Waals surface area contributed by atoms with E-state index < -0.39 is 12.1 Å². The Morgan fingerprint density at radius 1 is 1.10 bits per heavy atom. The molecule has 1 fully saturated rings. The van der Waals surface area contributed by atoms with E-state index >= 15 is 0 Å². The number of piperidine rings is 1. The van der Waals surface area contributed by atoms with Crippen molar-refractivity contribution in [2.75, 3.05) is 5.32 Å². The highest BCUT2D eigenvalue weighted by Crippen LogP contribution is 2.24. The van der Waals surface area contributed by atoms with Crippen molar-refractivity contribution in [3.05, 3.63) is 54.0 Å². The molecule has 1 N–H and O–H groups in total. The standard InChI is InChI=1S/C22H26N2O5/c1-14-6-4-7-15(2)24(14)21(26)16(3)29-22(27)17-9-11-18(12-10-17)23-20(25)19-8-5-13-28-19/h5,8-16H,4,6-7H2,1-3H3,(H,23,25)/t14-,15+,16-/m1/s1. The normalized spacial score (nSPS) is 20.0. The third-order valence-electron chi connectivity index (χ3n) is 5.20.